The number of benzene rings is 3. The maximum atomic E-state index is 12.6. The second kappa shape index (κ2) is 10.1. The number of nitrogens with one attached hydrogen (secondary N) is 1. The Morgan fingerprint density at radius 2 is 1.91 bits per heavy atom. The van der Waals surface area contributed by atoms with Crippen molar-refractivity contribution in [3.63, 3.8) is 0 Å². The third-order valence-electron chi connectivity index (χ3n) is 4.99. The van der Waals surface area contributed by atoms with Crippen LogP contribution in [0.1, 0.15) is 11.1 Å². The van der Waals surface area contributed by atoms with Crippen LogP contribution < -0.4 is 16.6 Å². The zero-order chi connectivity index (χ0) is 23.4. The molecule has 0 atom stereocenters. The molecule has 4 aromatic rings. The van der Waals surface area contributed by atoms with E-state index < -0.39 is 0 Å². The Labute approximate surface area is 203 Å². The van der Waals surface area contributed by atoms with Crippen molar-refractivity contribution >= 4 is 62.0 Å². The van der Waals surface area contributed by atoms with E-state index in [4.69, 9.17) is 5.73 Å². The normalized spacial score (nSPS) is 11.2. The molecule has 3 aromatic carbocycles. The SMILES string of the molecule is Cn1c(SCc2ccc(/C=C/C(=O)Nc3ccccc3N)cc2)nc2cc(Br)ccc2c1=O. The number of carbonyl (C=O) groups excluding carboxylic acids is 1. The van der Waals surface area contributed by atoms with E-state index in [1.165, 1.54) is 17.8 Å². The van der Waals surface area contributed by atoms with Crippen LogP contribution in [-0.2, 0) is 17.6 Å². The molecular weight excluding hydrogens is 500 g/mol. The average molecular weight is 521 g/mol. The highest BCUT2D eigenvalue weighted by Gasteiger charge is 2.09. The monoisotopic (exact) mass is 520 g/mol. The highest BCUT2D eigenvalue weighted by Crippen LogP contribution is 2.23. The smallest absolute Gasteiger partial charge is 0.261 e. The molecule has 0 aliphatic carbocycles. The third-order valence-corrected chi connectivity index (χ3v) is 6.59. The second-order valence-corrected chi connectivity index (χ2v) is 9.22. The minimum Gasteiger partial charge on any atom is -0.397 e. The topological polar surface area (TPSA) is 90.0 Å². The quantitative estimate of drug-likeness (QED) is 0.157. The van der Waals surface area contributed by atoms with Gasteiger partial charge in [-0.15, -0.1) is 0 Å². The molecule has 0 unspecified atom stereocenters. The molecule has 3 N–H and O–H groups in total. The van der Waals surface area contributed by atoms with Gasteiger partial charge in [0.1, 0.15) is 0 Å². The zero-order valence-electron chi connectivity index (χ0n) is 17.8. The molecule has 1 heterocycles. The molecule has 166 valence electrons. The van der Waals surface area contributed by atoms with Crippen molar-refractivity contribution in [1.82, 2.24) is 9.55 Å². The molecule has 0 saturated heterocycles. The fourth-order valence-electron chi connectivity index (χ4n) is 3.18. The van der Waals surface area contributed by atoms with Gasteiger partial charge in [-0.1, -0.05) is 64.1 Å². The van der Waals surface area contributed by atoms with Gasteiger partial charge in [0.2, 0.25) is 5.91 Å². The fraction of sp³-hybridized carbons (Fsp3) is 0.0800. The molecule has 33 heavy (non-hydrogen) atoms. The number of hydrogen-bond donors (Lipinski definition) is 2. The summed E-state index contributed by atoms with van der Waals surface area (Å²) < 4.78 is 2.46. The maximum absolute atomic E-state index is 12.6. The molecule has 6 nitrogen and oxygen atoms in total. The fourth-order valence-corrected chi connectivity index (χ4v) is 4.46. The highest BCUT2D eigenvalue weighted by atomic mass is 79.9. The molecule has 0 aliphatic heterocycles. The zero-order valence-corrected chi connectivity index (χ0v) is 20.2. The van der Waals surface area contributed by atoms with Crippen molar-refractivity contribution in [2.45, 2.75) is 10.9 Å². The molecule has 8 heteroatoms. The van der Waals surface area contributed by atoms with Crippen molar-refractivity contribution in [2.24, 2.45) is 7.05 Å². The van der Waals surface area contributed by atoms with Crippen LogP contribution in [0.3, 0.4) is 0 Å². The number of aromatic nitrogens is 2. The van der Waals surface area contributed by atoms with Gasteiger partial charge >= 0.3 is 0 Å². The van der Waals surface area contributed by atoms with Gasteiger partial charge in [-0.2, -0.15) is 0 Å². The predicted molar refractivity (Wildman–Crippen MR) is 139 cm³/mol. The van der Waals surface area contributed by atoms with Gasteiger partial charge in [-0.25, -0.2) is 4.98 Å². The second-order valence-electron chi connectivity index (χ2n) is 7.36. The Kier molecular flexibility index (Phi) is 6.96. The van der Waals surface area contributed by atoms with Gasteiger partial charge in [-0.3, -0.25) is 14.2 Å². The number of carbonyl (C=O) groups is 1. The van der Waals surface area contributed by atoms with Crippen LogP contribution >= 0.6 is 27.7 Å². The lowest BCUT2D eigenvalue weighted by Gasteiger charge is -2.09. The van der Waals surface area contributed by atoms with Gasteiger partial charge in [0.05, 0.1) is 22.3 Å². The van der Waals surface area contributed by atoms with E-state index in [2.05, 4.69) is 26.2 Å². The standard InChI is InChI=1S/C25H21BrN4O2S/c1-30-24(32)19-12-11-18(26)14-22(19)29-25(30)33-15-17-8-6-16(7-9-17)10-13-23(31)28-21-5-3-2-4-20(21)27/h2-14H,15,27H2,1H3,(H,28,31)/b13-10+. The van der Waals surface area contributed by atoms with Gasteiger partial charge in [0.15, 0.2) is 5.16 Å². The molecular formula is C25H21BrN4O2S. The van der Waals surface area contributed by atoms with Crippen LogP contribution in [0.2, 0.25) is 0 Å². The van der Waals surface area contributed by atoms with Crippen LogP contribution in [0.4, 0.5) is 11.4 Å². The first-order valence-electron chi connectivity index (χ1n) is 10.1. The number of hydrogen-bond acceptors (Lipinski definition) is 5. The van der Waals surface area contributed by atoms with E-state index >= 15 is 0 Å². The molecule has 0 bridgehead atoms. The Balaban J connectivity index is 1.40. The van der Waals surface area contributed by atoms with Crippen molar-refractivity contribution < 1.29 is 4.79 Å². The van der Waals surface area contributed by atoms with E-state index in [0.717, 1.165) is 15.6 Å². The van der Waals surface area contributed by atoms with Crippen LogP contribution in [0, 0.1) is 0 Å². The molecule has 4 rings (SSSR count). The molecule has 0 aliphatic rings. The number of para-hydroxylation sites is 2. The minimum atomic E-state index is -0.248. The van der Waals surface area contributed by atoms with Crippen LogP contribution in [0.5, 0.6) is 0 Å². The van der Waals surface area contributed by atoms with Crippen LogP contribution in [0.25, 0.3) is 17.0 Å². The van der Waals surface area contributed by atoms with Gasteiger partial charge in [0, 0.05) is 23.3 Å². The van der Waals surface area contributed by atoms with E-state index in [1.807, 2.05) is 48.5 Å². The molecule has 0 radical (unpaired) electrons. The van der Waals surface area contributed by atoms with Crippen molar-refractivity contribution in [3.8, 4) is 0 Å². The third kappa shape index (κ3) is 5.53. The highest BCUT2D eigenvalue weighted by molar-refractivity contribution is 9.10. The summed E-state index contributed by atoms with van der Waals surface area (Å²) in [6.07, 6.45) is 3.22. The summed E-state index contributed by atoms with van der Waals surface area (Å²) in [4.78, 5) is 29.4. The molecule has 0 saturated carbocycles. The first-order chi connectivity index (χ1) is 15.9. The average Bonchev–Trinajstić information content (AvgIpc) is 2.81. The number of nitrogens with zero attached hydrogens (tertiary/aromatic N) is 2. The molecule has 0 fully saturated rings. The number of fused-ring (bicyclic) bond motifs is 1. The van der Waals surface area contributed by atoms with Gasteiger partial charge in [0.25, 0.3) is 5.56 Å². The summed E-state index contributed by atoms with van der Waals surface area (Å²) in [7, 11) is 1.74. The summed E-state index contributed by atoms with van der Waals surface area (Å²) in [6, 6.07) is 20.5. The summed E-state index contributed by atoms with van der Waals surface area (Å²) >= 11 is 4.94. The van der Waals surface area contributed by atoms with Gasteiger partial charge in [-0.05, 0) is 47.5 Å². The summed E-state index contributed by atoms with van der Waals surface area (Å²) in [6.45, 7) is 0. The minimum absolute atomic E-state index is 0.0639. The lowest BCUT2D eigenvalue weighted by Crippen LogP contribution is -2.19. The maximum Gasteiger partial charge on any atom is 0.261 e. The Morgan fingerprint density at radius 1 is 1.15 bits per heavy atom. The van der Waals surface area contributed by atoms with Crippen LogP contribution in [-0.4, -0.2) is 15.5 Å². The number of thioether (sulfide) groups is 1. The van der Waals surface area contributed by atoms with Crippen LogP contribution in [0.15, 0.2) is 87.2 Å². The van der Waals surface area contributed by atoms with Crippen molar-refractivity contribution in [2.75, 3.05) is 11.1 Å². The number of halogens is 1. The lowest BCUT2D eigenvalue weighted by molar-refractivity contribution is -0.111. The van der Waals surface area contributed by atoms with E-state index in [-0.39, 0.29) is 11.5 Å². The lowest BCUT2D eigenvalue weighted by atomic mass is 10.1. The number of amides is 1. The Morgan fingerprint density at radius 3 is 2.67 bits per heavy atom. The Bertz CT molecular complexity index is 1410. The van der Waals surface area contributed by atoms with Crippen molar-refractivity contribution in [1.29, 1.82) is 0 Å². The van der Waals surface area contributed by atoms with E-state index in [9.17, 15) is 9.59 Å². The van der Waals surface area contributed by atoms with E-state index in [0.29, 0.717) is 33.2 Å². The van der Waals surface area contributed by atoms with Crippen molar-refractivity contribution in [3.05, 3.63) is 98.8 Å². The number of nitrogens with two attached hydrogens (primary N) is 1. The summed E-state index contributed by atoms with van der Waals surface area (Å²) in [5, 5.41) is 4.02. The summed E-state index contributed by atoms with van der Waals surface area (Å²) in [5.41, 5.74) is 9.55. The van der Waals surface area contributed by atoms with Gasteiger partial charge < -0.3 is 11.1 Å². The Hall–Kier alpha value is -3.36. The number of anilines is 2. The first-order valence-corrected chi connectivity index (χ1v) is 11.9. The molecule has 0 spiro atoms. The first kappa shape index (κ1) is 22.8. The molecule has 1 aromatic heterocycles. The largest absolute Gasteiger partial charge is 0.397 e. The number of rotatable bonds is 6. The number of nitrogen functional groups attached to an aromatic ring is 1. The summed E-state index contributed by atoms with van der Waals surface area (Å²) in [5.74, 6) is 0.417. The van der Waals surface area contributed by atoms with E-state index in [1.54, 1.807) is 35.9 Å². The predicted octanol–water partition coefficient (Wildman–Crippen LogP) is 5.22. The molecule has 1 amide bonds.